The average molecular weight is 337 g/mol. The molecule has 0 aliphatic carbocycles. The minimum atomic E-state index is 0.569. The van der Waals surface area contributed by atoms with Crippen molar-refractivity contribution in [3.63, 3.8) is 0 Å². The van der Waals surface area contributed by atoms with E-state index in [2.05, 4.69) is 51.9 Å². The number of fused-ring (bicyclic) bond motifs is 1. The topological polar surface area (TPSA) is 26.2 Å². The molecule has 0 bridgehead atoms. The van der Waals surface area contributed by atoms with E-state index in [9.17, 15) is 0 Å². The first-order valence-electron chi connectivity index (χ1n) is 7.17. The highest BCUT2D eigenvalue weighted by molar-refractivity contribution is 9.10. The van der Waals surface area contributed by atoms with Crippen LogP contribution in [0.1, 0.15) is 30.0 Å². The fourth-order valence-electron chi connectivity index (χ4n) is 3.38. The van der Waals surface area contributed by atoms with Gasteiger partial charge in [-0.15, -0.1) is 0 Å². The number of hydrogen-bond acceptors (Lipinski definition) is 2. The van der Waals surface area contributed by atoms with Gasteiger partial charge in [-0.3, -0.25) is 0 Å². The third-order valence-corrected chi connectivity index (χ3v) is 5.20. The van der Waals surface area contributed by atoms with Crippen molar-refractivity contribution in [2.24, 2.45) is 7.05 Å². The van der Waals surface area contributed by atoms with Crippen LogP contribution >= 0.6 is 15.9 Å². The lowest BCUT2D eigenvalue weighted by molar-refractivity contribution is 0.416. The van der Waals surface area contributed by atoms with Gasteiger partial charge in [0, 0.05) is 35.1 Å². The lowest BCUT2D eigenvalue weighted by atomic mass is 9.96. The molecule has 0 spiro atoms. The second kappa shape index (κ2) is 5.41. The van der Waals surface area contributed by atoms with Crippen LogP contribution in [0.4, 0.5) is 0 Å². The summed E-state index contributed by atoms with van der Waals surface area (Å²) in [5.41, 5.74) is 3.87. The van der Waals surface area contributed by atoms with Gasteiger partial charge in [-0.25, -0.2) is 0 Å². The Balaban J connectivity index is 2.25. The molecular formula is C16H21BrN2O. The van der Waals surface area contributed by atoms with E-state index in [4.69, 9.17) is 4.74 Å². The Kier molecular flexibility index (Phi) is 3.78. The molecule has 4 heteroatoms. The zero-order valence-corrected chi connectivity index (χ0v) is 13.9. The molecule has 1 aliphatic rings. The molecule has 108 valence electrons. The van der Waals surface area contributed by atoms with Crippen LogP contribution in [-0.4, -0.2) is 24.8 Å². The Bertz CT molecular complexity index is 642. The zero-order valence-electron chi connectivity index (χ0n) is 12.3. The second-order valence-electron chi connectivity index (χ2n) is 5.61. The molecular weight excluding hydrogens is 316 g/mol. The maximum absolute atomic E-state index is 5.56. The Labute approximate surface area is 128 Å². The summed E-state index contributed by atoms with van der Waals surface area (Å²) >= 11 is 3.85. The summed E-state index contributed by atoms with van der Waals surface area (Å²) in [6.07, 6.45) is 2.49. The molecule has 1 saturated heterocycles. The minimum absolute atomic E-state index is 0.569. The van der Waals surface area contributed by atoms with Crippen molar-refractivity contribution in [2.45, 2.75) is 25.7 Å². The molecule has 1 unspecified atom stereocenters. The molecule has 0 amide bonds. The van der Waals surface area contributed by atoms with Crippen molar-refractivity contribution in [1.82, 2.24) is 9.88 Å². The van der Waals surface area contributed by atoms with Crippen LogP contribution in [0.5, 0.6) is 5.75 Å². The number of methoxy groups -OCH3 is 1. The molecule has 3 nitrogen and oxygen atoms in total. The fourth-order valence-corrected chi connectivity index (χ4v) is 4.47. The lowest BCUT2D eigenvalue weighted by Crippen LogP contribution is -2.29. The smallest absolute Gasteiger partial charge is 0.143 e. The second-order valence-corrected chi connectivity index (χ2v) is 6.40. The van der Waals surface area contributed by atoms with Crippen molar-refractivity contribution < 1.29 is 4.74 Å². The van der Waals surface area contributed by atoms with Gasteiger partial charge >= 0.3 is 0 Å². The third kappa shape index (κ3) is 2.06. The van der Waals surface area contributed by atoms with Crippen molar-refractivity contribution in [3.05, 3.63) is 27.9 Å². The first kappa shape index (κ1) is 14.0. The molecule has 1 aromatic carbocycles. The monoisotopic (exact) mass is 336 g/mol. The SMILES string of the molecule is COc1ccc(C)c2c(Br)c(C3CCCNC3)n(C)c12. The number of ether oxygens (including phenoxy) is 1. The maximum atomic E-state index is 5.56. The van der Waals surface area contributed by atoms with E-state index >= 15 is 0 Å². The third-order valence-electron chi connectivity index (χ3n) is 4.39. The highest BCUT2D eigenvalue weighted by atomic mass is 79.9. The normalized spacial score (nSPS) is 19.5. The van der Waals surface area contributed by atoms with Crippen LogP contribution in [0, 0.1) is 6.92 Å². The predicted octanol–water partition coefficient (Wildman–Crippen LogP) is 3.72. The van der Waals surface area contributed by atoms with Gasteiger partial charge in [0.25, 0.3) is 0 Å². The summed E-state index contributed by atoms with van der Waals surface area (Å²) in [7, 11) is 3.89. The van der Waals surface area contributed by atoms with Crippen LogP contribution in [0.25, 0.3) is 10.9 Å². The van der Waals surface area contributed by atoms with Crippen molar-refractivity contribution in [2.75, 3.05) is 20.2 Å². The van der Waals surface area contributed by atoms with E-state index < -0.39 is 0 Å². The number of aromatic nitrogens is 1. The number of aryl methyl sites for hydroxylation is 2. The molecule has 0 saturated carbocycles. The standard InChI is InChI=1S/C16H21BrN2O/c1-10-6-7-12(20-3)16-13(10)14(17)15(19(16)2)11-5-4-8-18-9-11/h6-7,11,18H,4-5,8-9H2,1-3H3. The van der Waals surface area contributed by atoms with Crippen LogP contribution in [-0.2, 0) is 7.05 Å². The van der Waals surface area contributed by atoms with Crippen LogP contribution in [0.15, 0.2) is 16.6 Å². The van der Waals surface area contributed by atoms with Gasteiger partial charge in [-0.1, -0.05) is 6.07 Å². The molecule has 1 atom stereocenters. The van der Waals surface area contributed by atoms with E-state index in [-0.39, 0.29) is 0 Å². The Morgan fingerprint density at radius 1 is 1.40 bits per heavy atom. The first-order chi connectivity index (χ1) is 9.65. The summed E-state index contributed by atoms with van der Waals surface area (Å²) in [4.78, 5) is 0. The maximum Gasteiger partial charge on any atom is 0.143 e. The number of halogens is 1. The number of nitrogens with zero attached hydrogens (tertiary/aromatic N) is 1. The van der Waals surface area contributed by atoms with Crippen molar-refractivity contribution in [3.8, 4) is 5.75 Å². The van der Waals surface area contributed by atoms with Gasteiger partial charge in [0.05, 0.1) is 12.6 Å². The van der Waals surface area contributed by atoms with Gasteiger partial charge in [0.2, 0.25) is 0 Å². The van der Waals surface area contributed by atoms with Crippen LogP contribution in [0.2, 0.25) is 0 Å². The number of rotatable bonds is 2. The molecule has 1 N–H and O–H groups in total. The number of benzene rings is 1. The minimum Gasteiger partial charge on any atom is -0.495 e. The van der Waals surface area contributed by atoms with Gasteiger partial charge in [0.1, 0.15) is 5.75 Å². The average Bonchev–Trinajstić information content (AvgIpc) is 2.73. The Morgan fingerprint density at radius 2 is 2.20 bits per heavy atom. The van der Waals surface area contributed by atoms with Crippen LogP contribution < -0.4 is 10.1 Å². The molecule has 2 heterocycles. The number of piperidine rings is 1. The summed E-state index contributed by atoms with van der Waals surface area (Å²) < 4.78 is 9.11. The van der Waals surface area contributed by atoms with Crippen LogP contribution in [0.3, 0.4) is 0 Å². The van der Waals surface area contributed by atoms with Gasteiger partial charge in [-0.2, -0.15) is 0 Å². The first-order valence-corrected chi connectivity index (χ1v) is 7.96. The predicted molar refractivity (Wildman–Crippen MR) is 86.8 cm³/mol. The summed E-state index contributed by atoms with van der Waals surface area (Å²) in [5.74, 6) is 1.52. The van der Waals surface area contributed by atoms with Gasteiger partial charge in [-0.05, 0) is 53.9 Å². The van der Waals surface area contributed by atoms with Crippen molar-refractivity contribution >= 4 is 26.8 Å². The molecule has 0 radical (unpaired) electrons. The van der Waals surface area contributed by atoms with Crippen molar-refractivity contribution in [1.29, 1.82) is 0 Å². The highest BCUT2D eigenvalue weighted by Gasteiger charge is 2.25. The molecule has 1 aromatic heterocycles. The van der Waals surface area contributed by atoms with Gasteiger partial charge < -0.3 is 14.6 Å². The summed E-state index contributed by atoms with van der Waals surface area (Å²) in [6, 6.07) is 4.20. The van der Waals surface area contributed by atoms with E-state index in [0.29, 0.717) is 5.92 Å². The van der Waals surface area contributed by atoms with Gasteiger partial charge in [0.15, 0.2) is 0 Å². The Morgan fingerprint density at radius 3 is 2.85 bits per heavy atom. The molecule has 1 fully saturated rings. The van der Waals surface area contributed by atoms with E-state index in [1.54, 1.807) is 7.11 Å². The zero-order chi connectivity index (χ0) is 14.3. The molecule has 20 heavy (non-hydrogen) atoms. The highest BCUT2D eigenvalue weighted by Crippen LogP contribution is 2.41. The Hall–Kier alpha value is -1.00. The molecule has 1 aliphatic heterocycles. The largest absolute Gasteiger partial charge is 0.495 e. The fraction of sp³-hybridized carbons (Fsp3) is 0.500. The molecule has 3 rings (SSSR count). The number of nitrogens with one attached hydrogen (secondary N) is 1. The van der Waals surface area contributed by atoms with E-state index in [1.807, 2.05) is 0 Å². The molecule has 2 aromatic rings. The number of hydrogen-bond donors (Lipinski definition) is 1. The summed E-state index contributed by atoms with van der Waals surface area (Å²) in [6.45, 7) is 4.36. The van der Waals surface area contributed by atoms with E-state index in [1.165, 1.54) is 39.5 Å². The summed E-state index contributed by atoms with van der Waals surface area (Å²) in [5, 5.41) is 4.79. The quantitative estimate of drug-likeness (QED) is 0.904. The van der Waals surface area contributed by atoms with E-state index in [0.717, 1.165) is 18.8 Å². The lowest BCUT2D eigenvalue weighted by Gasteiger charge is -2.24.